The molecule has 19 heavy (non-hydrogen) atoms. The topological polar surface area (TPSA) is 0 Å². The maximum atomic E-state index is 12.9. The van der Waals surface area contributed by atoms with Crippen molar-refractivity contribution in [2.24, 2.45) is 0 Å². The predicted octanol–water partition coefficient (Wildman–Crippen LogP) is 5.29. The number of rotatable bonds is 4. The molecule has 104 valence electrons. The Hall–Kier alpha value is -0.893. The van der Waals surface area contributed by atoms with Crippen LogP contribution in [0, 0.1) is 5.82 Å². The van der Waals surface area contributed by atoms with Crippen LogP contribution in [0.4, 0.5) is 4.39 Å². The van der Waals surface area contributed by atoms with Crippen molar-refractivity contribution in [3.8, 4) is 0 Å². The zero-order chi connectivity index (χ0) is 13.7. The summed E-state index contributed by atoms with van der Waals surface area (Å²) in [5.41, 5.74) is 2.18. The normalized spacial score (nSPS) is 25.6. The maximum Gasteiger partial charge on any atom is 0.123 e. The summed E-state index contributed by atoms with van der Waals surface area (Å²) in [4.78, 5) is 0. The highest BCUT2D eigenvalue weighted by Gasteiger charge is 2.25. The van der Waals surface area contributed by atoms with Gasteiger partial charge in [0.1, 0.15) is 5.82 Å². The van der Waals surface area contributed by atoms with E-state index in [1.54, 1.807) is 12.1 Å². The van der Waals surface area contributed by atoms with Crippen LogP contribution < -0.4 is 0 Å². The van der Waals surface area contributed by atoms with Gasteiger partial charge in [0.2, 0.25) is 0 Å². The molecule has 1 aliphatic rings. The molecule has 2 rings (SSSR count). The SMILES string of the molecule is CC/C=C/C(C)[SiH]1CCC(c2ccc(F)cc2)CC1. The van der Waals surface area contributed by atoms with E-state index in [0.717, 1.165) is 12.0 Å². The van der Waals surface area contributed by atoms with Crippen molar-refractivity contribution < 1.29 is 4.39 Å². The van der Waals surface area contributed by atoms with E-state index in [1.165, 1.54) is 30.5 Å². The quantitative estimate of drug-likeness (QED) is 0.518. The molecule has 1 heterocycles. The first-order valence-corrected chi connectivity index (χ1v) is 9.92. The summed E-state index contributed by atoms with van der Waals surface area (Å²) in [5.74, 6) is 0.553. The molecule has 1 atom stereocenters. The Bertz CT molecular complexity index is 402. The van der Waals surface area contributed by atoms with Gasteiger partial charge in [-0.1, -0.05) is 50.2 Å². The highest BCUT2D eigenvalue weighted by Crippen LogP contribution is 2.37. The van der Waals surface area contributed by atoms with Crippen molar-refractivity contribution in [1.82, 2.24) is 0 Å². The fraction of sp³-hybridized carbons (Fsp3) is 0.529. The van der Waals surface area contributed by atoms with Crippen LogP contribution >= 0.6 is 0 Å². The van der Waals surface area contributed by atoms with Crippen LogP contribution in [0.1, 0.15) is 44.6 Å². The average Bonchev–Trinajstić information content (AvgIpc) is 2.46. The third-order valence-corrected chi connectivity index (χ3v) is 8.39. The molecular formula is C17H25FSi. The van der Waals surface area contributed by atoms with E-state index in [9.17, 15) is 4.39 Å². The van der Waals surface area contributed by atoms with E-state index in [0.29, 0.717) is 5.92 Å². The Morgan fingerprint density at radius 2 is 1.89 bits per heavy atom. The van der Waals surface area contributed by atoms with Crippen LogP contribution in [0.5, 0.6) is 0 Å². The fourth-order valence-corrected chi connectivity index (χ4v) is 6.69. The highest BCUT2D eigenvalue weighted by molar-refractivity contribution is 6.61. The van der Waals surface area contributed by atoms with Gasteiger partial charge in [-0.3, -0.25) is 0 Å². The zero-order valence-electron chi connectivity index (χ0n) is 12.1. The smallest absolute Gasteiger partial charge is 0.123 e. The minimum Gasteiger partial charge on any atom is -0.207 e. The van der Waals surface area contributed by atoms with Crippen molar-refractivity contribution in [1.29, 1.82) is 0 Å². The van der Waals surface area contributed by atoms with Crippen molar-refractivity contribution in [2.45, 2.75) is 56.7 Å². The lowest BCUT2D eigenvalue weighted by Crippen LogP contribution is -2.23. The van der Waals surface area contributed by atoms with E-state index >= 15 is 0 Å². The number of hydrogen-bond donors (Lipinski definition) is 0. The van der Waals surface area contributed by atoms with Crippen molar-refractivity contribution in [3.05, 3.63) is 47.8 Å². The van der Waals surface area contributed by atoms with Crippen LogP contribution in [-0.4, -0.2) is 8.80 Å². The monoisotopic (exact) mass is 276 g/mol. The van der Waals surface area contributed by atoms with Gasteiger partial charge in [-0.05, 0) is 48.4 Å². The number of benzene rings is 1. The summed E-state index contributed by atoms with van der Waals surface area (Å²) >= 11 is 0. The van der Waals surface area contributed by atoms with Gasteiger partial charge in [-0.2, -0.15) is 0 Å². The minimum atomic E-state index is -0.585. The Morgan fingerprint density at radius 1 is 1.26 bits per heavy atom. The fourth-order valence-electron chi connectivity index (χ4n) is 3.22. The molecule has 1 aliphatic heterocycles. The van der Waals surface area contributed by atoms with Gasteiger partial charge in [0, 0.05) is 8.80 Å². The molecule has 0 N–H and O–H groups in total. The summed E-state index contributed by atoms with van der Waals surface area (Å²) in [6.07, 6.45) is 8.54. The van der Waals surface area contributed by atoms with Gasteiger partial charge in [0.25, 0.3) is 0 Å². The molecule has 0 nitrogen and oxygen atoms in total. The average molecular weight is 276 g/mol. The molecule has 1 fully saturated rings. The summed E-state index contributed by atoms with van der Waals surface area (Å²) in [6, 6.07) is 10.0. The highest BCUT2D eigenvalue weighted by atomic mass is 28.3. The molecule has 0 aliphatic carbocycles. The number of allylic oxidation sites excluding steroid dienone is 2. The molecule has 1 aromatic carbocycles. The van der Waals surface area contributed by atoms with Gasteiger partial charge in [0.15, 0.2) is 0 Å². The van der Waals surface area contributed by atoms with Crippen LogP contribution in [0.15, 0.2) is 36.4 Å². The van der Waals surface area contributed by atoms with E-state index in [-0.39, 0.29) is 5.82 Å². The largest absolute Gasteiger partial charge is 0.207 e. The number of hydrogen-bond acceptors (Lipinski definition) is 0. The number of halogens is 1. The maximum absolute atomic E-state index is 12.9. The molecule has 0 radical (unpaired) electrons. The Balaban J connectivity index is 1.88. The third-order valence-electron chi connectivity index (χ3n) is 4.53. The summed E-state index contributed by atoms with van der Waals surface area (Å²) in [5, 5.41) is 0. The summed E-state index contributed by atoms with van der Waals surface area (Å²) < 4.78 is 12.9. The predicted molar refractivity (Wildman–Crippen MR) is 84.0 cm³/mol. The molecule has 0 bridgehead atoms. The van der Waals surface area contributed by atoms with Gasteiger partial charge >= 0.3 is 0 Å². The van der Waals surface area contributed by atoms with E-state index < -0.39 is 8.80 Å². The van der Waals surface area contributed by atoms with E-state index in [4.69, 9.17) is 0 Å². The van der Waals surface area contributed by atoms with Crippen molar-refractivity contribution >= 4 is 8.80 Å². The summed E-state index contributed by atoms with van der Waals surface area (Å²) in [6.45, 7) is 4.61. The van der Waals surface area contributed by atoms with Crippen molar-refractivity contribution in [3.63, 3.8) is 0 Å². The molecular weight excluding hydrogens is 251 g/mol. The van der Waals surface area contributed by atoms with Gasteiger partial charge < -0.3 is 0 Å². The van der Waals surface area contributed by atoms with Gasteiger partial charge in [-0.15, -0.1) is 0 Å². The van der Waals surface area contributed by atoms with Crippen LogP contribution in [0.2, 0.25) is 17.6 Å². The molecule has 0 saturated carbocycles. The van der Waals surface area contributed by atoms with Gasteiger partial charge in [-0.25, -0.2) is 4.39 Å². The lowest BCUT2D eigenvalue weighted by Gasteiger charge is -2.30. The Morgan fingerprint density at radius 3 is 2.47 bits per heavy atom. The third kappa shape index (κ3) is 4.03. The zero-order valence-corrected chi connectivity index (χ0v) is 13.3. The molecule has 1 aromatic rings. The molecule has 1 saturated heterocycles. The molecule has 2 heteroatoms. The molecule has 0 amide bonds. The Kier molecular flexibility index (Phi) is 5.38. The van der Waals surface area contributed by atoms with E-state index in [2.05, 4.69) is 26.0 Å². The second-order valence-corrected chi connectivity index (χ2v) is 9.59. The van der Waals surface area contributed by atoms with Gasteiger partial charge in [0.05, 0.1) is 0 Å². The lowest BCUT2D eigenvalue weighted by molar-refractivity contribution is 0.596. The second kappa shape index (κ2) is 7.04. The summed E-state index contributed by atoms with van der Waals surface area (Å²) in [7, 11) is -0.585. The first-order valence-electron chi connectivity index (χ1n) is 7.62. The van der Waals surface area contributed by atoms with Crippen LogP contribution in [-0.2, 0) is 0 Å². The van der Waals surface area contributed by atoms with E-state index in [1.807, 2.05) is 12.1 Å². The first-order chi connectivity index (χ1) is 9.20. The Labute approximate surface area is 118 Å². The molecule has 1 unspecified atom stereocenters. The second-order valence-electron chi connectivity index (χ2n) is 5.86. The van der Waals surface area contributed by atoms with Crippen molar-refractivity contribution in [2.75, 3.05) is 0 Å². The minimum absolute atomic E-state index is 0.120. The first kappa shape index (κ1) is 14.5. The van der Waals surface area contributed by atoms with Crippen LogP contribution in [0.25, 0.3) is 0 Å². The van der Waals surface area contributed by atoms with Crippen LogP contribution in [0.3, 0.4) is 0 Å². The molecule has 0 aromatic heterocycles. The lowest BCUT2D eigenvalue weighted by atomic mass is 9.93. The molecule has 0 spiro atoms. The standard InChI is InChI=1S/C17H25FSi/c1-3-4-5-14(2)19-12-10-16(11-13-19)15-6-8-17(18)9-7-15/h4-9,14,16,19H,3,10-13H2,1-2H3/b5-4+.